The van der Waals surface area contributed by atoms with Crippen molar-refractivity contribution in [3.05, 3.63) is 0 Å². The molecule has 0 spiro atoms. The van der Waals surface area contributed by atoms with Crippen molar-refractivity contribution < 1.29 is 14.2 Å². The van der Waals surface area contributed by atoms with E-state index in [1.807, 2.05) is 27.7 Å². The molecule has 1 heterocycles. The second-order valence-corrected chi connectivity index (χ2v) is 4.77. The molecule has 1 fully saturated rings. The molecular weight excluding hydrogens is 180 g/mol. The summed E-state index contributed by atoms with van der Waals surface area (Å²) in [4.78, 5) is 0. The zero-order valence-corrected chi connectivity index (χ0v) is 9.71. The van der Waals surface area contributed by atoms with E-state index >= 15 is 0 Å². The topological polar surface area (TPSA) is 27.7 Å². The summed E-state index contributed by atoms with van der Waals surface area (Å²) in [5, 5.41) is 0. The van der Waals surface area contributed by atoms with Crippen molar-refractivity contribution >= 4 is 0 Å². The summed E-state index contributed by atoms with van der Waals surface area (Å²) in [6.07, 6.45) is 2.39. The predicted molar refractivity (Wildman–Crippen MR) is 55.2 cm³/mol. The first-order valence-corrected chi connectivity index (χ1v) is 5.38. The van der Waals surface area contributed by atoms with Crippen LogP contribution in [0.5, 0.6) is 0 Å². The molecular formula is C11H22O3. The molecule has 3 heteroatoms. The van der Waals surface area contributed by atoms with E-state index in [1.54, 1.807) is 0 Å². The van der Waals surface area contributed by atoms with Crippen LogP contribution in [0.4, 0.5) is 0 Å². The molecule has 1 rings (SSSR count). The fourth-order valence-electron chi connectivity index (χ4n) is 1.55. The lowest BCUT2D eigenvalue weighted by Gasteiger charge is -2.25. The van der Waals surface area contributed by atoms with Gasteiger partial charge in [-0.05, 0) is 40.5 Å². The molecule has 2 atom stereocenters. The van der Waals surface area contributed by atoms with Crippen LogP contribution in [-0.4, -0.2) is 31.2 Å². The van der Waals surface area contributed by atoms with Crippen LogP contribution in [0.2, 0.25) is 0 Å². The van der Waals surface area contributed by atoms with Crippen molar-refractivity contribution in [1.29, 1.82) is 0 Å². The number of hydrogen-bond donors (Lipinski definition) is 0. The summed E-state index contributed by atoms with van der Waals surface area (Å²) >= 11 is 0. The normalized spacial score (nSPS) is 25.3. The summed E-state index contributed by atoms with van der Waals surface area (Å²) in [5.74, 6) is 0. The Labute approximate surface area is 86.7 Å². The Balaban J connectivity index is 2.11. The van der Waals surface area contributed by atoms with Crippen molar-refractivity contribution in [2.75, 3.05) is 13.2 Å². The first-order chi connectivity index (χ1) is 6.47. The van der Waals surface area contributed by atoms with E-state index < -0.39 is 0 Å². The zero-order valence-electron chi connectivity index (χ0n) is 9.71. The molecule has 0 aliphatic carbocycles. The maximum Gasteiger partial charge on any atom is 0.155 e. The predicted octanol–water partition coefficient (Wildman–Crippen LogP) is 2.34. The van der Waals surface area contributed by atoms with Gasteiger partial charge in [-0.25, -0.2) is 0 Å². The van der Waals surface area contributed by atoms with Crippen LogP contribution in [0.1, 0.15) is 40.5 Å². The highest BCUT2D eigenvalue weighted by molar-refractivity contribution is 4.64. The highest BCUT2D eigenvalue weighted by atomic mass is 16.7. The van der Waals surface area contributed by atoms with Gasteiger partial charge >= 0.3 is 0 Å². The average Bonchev–Trinajstić information content (AvgIpc) is 2.49. The van der Waals surface area contributed by atoms with Crippen LogP contribution in [0.15, 0.2) is 0 Å². The smallest absolute Gasteiger partial charge is 0.155 e. The minimum Gasteiger partial charge on any atom is -0.376 e. The van der Waals surface area contributed by atoms with Gasteiger partial charge in [-0.2, -0.15) is 0 Å². The van der Waals surface area contributed by atoms with E-state index in [9.17, 15) is 0 Å². The van der Waals surface area contributed by atoms with Gasteiger partial charge < -0.3 is 14.2 Å². The van der Waals surface area contributed by atoms with Gasteiger partial charge in [0.2, 0.25) is 0 Å². The first kappa shape index (κ1) is 12.0. The van der Waals surface area contributed by atoms with Gasteiger partial charge in [-0.1, -0.05) is 0 Å². The third-order valence-electron chi connectivity index (χ3n) is 2.06. The second kappa shape index (κ2) is 5.10. The fraction of sp³-hybridized carbons (Fsp3) is 1.00. The summed E-state index contributed by atoms with van der Waals surface area (Å²) < 4.78 is 16.6. The van der Waals surface area contributed by atoms with E-state index in [2.05, 4.69) is 0 Å². The van der Waals surface area contributed by atoms with Gasteiger partial charge in [0.1, 0.15) is 0 Å². The number of hydrogen-bond acceptors (Lipinski definition) is 3. The molecule has 0 aromatic heterocycles. The lowest BCUT2D eigenvalue weighted by Crippen LogP contribution is -2.29. The van der Waals surface area contributed by atoms with Gasteiger partial charge in [-0.15, -0.1) is 0 Å². The first-order valence-electron chi connectivity index (χ1n) is 5.38. The molecule has 0 bridgehead atoms. The molecule has 0 radical (unpaired) electrons. The molecule has 0 aromatic carbocycles. The Hall–Kier alpha value is -0.120. The van der Waals surface area contributed by atoms with E-state index in [1.165, 1.54) is 0 Å². The zero-order chi connectivity index (χ0) is 10.6. The van der Waals surface area contributed by atoms with Crippen molar-refractivity contribution in [3.63, 3.8) is 0 Å². The van der Waals surface area contributed by atoms with Crippen molar-refractivity contribution in [3.8, 4) is 0 Å². The molecule has 0 N–H and O–H groups in total. The van der Waals surface area contributed by atoms with Gasteiger partial charge in [0.15, 0.2) is 6.29 Å². The monoisotopic (exact) mass is 202 g/mol. The SMILES string of the molecule is CC(OCC1CCCO1)OC(C)(C)C. The summed E-state index contributed by atoms with van der Waals surface area (Å²) in [7, 11) is 0. The molecule has 2 unspecified atom stereocenters. The molecule has 1 saturated heterocycles. The standard InChI is InChI=1S/C11H22O3/c1-9(14-11(2,3)4)13-8-10-6-5-7-12-10/h9-10H,5-8H2,1-4H3. The Morgan fingerprint density at radius 2 is 2.14 bits per heavy atom. The van der Waals surface area contributed by atoms with Crippen molar-refractivity contribution in [2.24, 2.45) is 0 Å². The fourth-order valence-corrected chi connectivity index (χ4v) is 1.55. The lowest BCUT2D eigenvalue weighted by molar-refractivity contribution is -0.195. The highest BCUT2D eigenvalue weighted by Crippen LogP contribution is 2.15. The average molecular weight is 202 g/mol. The Morgan fingerprint density at radius 3 is 2.64 bits per heavy atom. The van der Waals surface area contributed by atoms with Crippen molar-refractivity contribution in [1.82, 2.24) is 0 Å². The van der Waals surface area contributed by atoms with Crippen molar-refractivity contribution in [2.45, 2.75) is 58.5 Å². The molecule has 84 valence electrons. The van der Waals surface area contributed by atoms with Crippen LogP contribution in [0.3, 0.4) is 0 Å². The van der Waals surface area contributed by atoms with Crippen LogP contribution < -0.4 is 0 Å². The second-order valence-electron chi connectivity index (χ2n) is 4.77. The Morgan fingerprint density at radius 1 is 1.43 bits per heavy atom. The van der Waals surface area contributed by atoms with E-state index in [0.29, 0.717) is 6.61 Å². The van der Waals surface area contributed by atoms with Crippen LogP contribution in [0.25, 0.3) is 0 Å². The van der Waals surface area contributed by atoms with Gasteiger partial charge in [-0.3, -0.25) is 0 Å². The summed E-state index contributed by atoms with van der Waals surface area (Å²) in [6.45, 7) is 9.54. The maximum atomic E-state index is 5.62. The van der Waals surface area contributed by atoms with E-state index in [0.717, 1.165) is 19.4 Å². The molecule has 14 heavy (non-hydrogen) atoms. The molecule has 3 nitrogen and oxygen atoms in total. The minimum absolute atomic E-state index is 0.143. The van der Waals surface area contributed by atoms with Gasteiger partial charge in [0.05, 0.1) is 18.3 Å². The largest absolute Gasteiger partial charge is 0.376 e. The summed E-state index contributed by atoms with van der Waals surface area (Å²) in [6, 6.07) is 0. The molecule has 0 aromatic rings. The third-order valence-corrected chi connectivity index (χ3v) is 2.06. The number of rotatable bonds is 4. The third kappa shape index (κ3) is 4.94. The number of ether oxygens (including phenoxy) is 3. The maximum absolute atomic E-state index is 5.62. The van der Waals surface area contributed by atoms with Crippen LogP contribution in [0, 0.1) is 0 Å². The minimum atomic E-state index is -0.154. The van der Waals surface area contributed by atoms with Gasteiger partial charge in [0, 0.05) is 6.61 Å². The highest BCUT2D eigenvalue weighted by Gasteiger charge is 2.19. The summed E-state index contributed by atoms with van der Waals surface area (Å²) in [5.41, 5.74) is -0.143. The Kier molecular flexibility index (Phi) is 4.35. The van der Waals surface area contributed by atoms with Crippen LogP contribution >= 0.6 is 0 Å². The molecule has 0 saturated carbocycles. The van der Waals surface area contributed by atoms with Gasteiger partial charge in [0.25, 0.3) is 0 Å². The Bertz CT molecular complexity index is 156. The van der Waals surface area contributed by atoms with E-state index in [-0.39, 0.29) is 18.0 Å². The molecule has 1 aliphatic heterocycles. The molecule has 0 amide bonds. The van der Waals surface area contributed by atoms with Crippen LogP contribution in [-0.2, 0) is 14.2 Å². The molecule has 1 aliphatic rings. The van der Waals surface area contributed by atoms with E-state index in [4.69, 9.17) is 14.2 Å². The quantitative estimate of drug-likeness (QED) is 0.655. The lowest BCUT2D eigenvalue weighted by atomic mass is 10.2.